The van der Waals surface area contributed by atoms with E-state index in [1.54, 1.807) is 0 Å². The van der Waals surface area contributed by atoms with E-state index in [0.29, 0.717) is 23.8 Å². The van der Waals surface area contributed by atoms with Gasteiger partial charge in [-0.3, -0.25) is 4.79 Å². The molecule has 1 aromatic rings. The first kappa shape index (κ1) is 15.0. The van der Waals surface area contributed by atoms with Crippen LogP contribution < -0.4 is 0 Å². The normalized spacial score (nSPS) is 24.9. The molecule has 21 heavy (non-hydrogen) atoms. The highest BCUT2D eigenvalue weighted by atomic mass is 35.5. The summed E-state index contributed by atoms with van der Waals surface area (Å²) in [6, 6.07) is 7.58. The van der Waals surface area contributed by atoms with Crippen LogP contribution in [0.5, 0.6) is 0 Å². The van der Waals surface area contributed by atoms with Gasteiger partial charge in [0.1, 0.15) is 5.78 Å². The third-order valence-corrected chi connectivity index (χ3v) is 4.85. The zero-order valence-corrected chi connectivity index (χ0v) is 12.9. The number of rotatable bonds is 3. The number of halogens is 1. The molecule has 0 N–H and O–H groups in total. The lowest BCUT2D eigenvalue weighted by Crippen LogP contribution is -2.46. The van der Waals surface area contributed by atoms with Gasteiger partial charge in [0, 0.05) is 37.2 Å². The summed E-state index contributed by atoms with van der Waals surface area (Å²) < 4.78 is 11.4. The van der Waals surface area contributed by atoms with Gasteiger partial charge in [-0.15, -0.1) is 0 Å². The van der Waals surface area contributed by atoms with Crippen molar-refractivity contribution in [1.29, 1.82) is 0 Å². The number of ether oxygens (including phenoxy) is 2. The van der Waals surface area contributed by atoms with E-state index in [1.165, 1.54) is 0 Å². The van der Waals surface area contributed by atoms with E-state index in [1.807, 2.05) is 24.3 Å². The molecule has 114 valence electrons. The van der Waals surface area contributed by atoms with Crippen LogP contribution in [0.1, 0.15) is 31.2 Å². The Balaban J connectivity index is 1.64. The molecule has 4 heteroatoms. The molecule has 0 saturated carbocycles. The first-order valence-electron chi connectivity index (χ1n) is 7.66. The van der Waals surface area contributed by atoms with E-state index in [9.17, 15) is 4.79 Å². The second-order valence-electron chi connectivity index (χ2n) is 6.11. The van der Waals surface area contributed by atoms with Gasteiger partial charge in [-0.2, -0.15) is 0 Å². The largest absolute Gasteiger partial charge is 0.381 e. The zero-order chi connectivity index (χ0) is 14.7. The second-order valence-corrected chi connectivity index (χ2v) is 6.54. The van der Waals surface area contributed by atoms with E-state index in [-0.39, 0.29) is 11.5 Å². The van der Waals surface area contributed by atoms with Gasteiger partial charge in [0.2, 0.25) is 0 Å². The Kier molecular flexibility index (Phi) is 4.63. The number of Topliss-reactive ketones (excluding diaryl/α,β-unsaturated/α-hetero) is 1. The summed E-state index contributed by atoms with van der Waals surface area (Å²) in [5.74, 6) is 0.419. The highest BCUT2D eigenvalue weighted by Gasteiger charge is 2.40. The van der Waals surface area contributed by atoms with Gasteiger partial charge in [0.25, 0.3) is 0 Å². The Labute approximate surface area is 130 Å². The number of carbonyl (C=O) groups is 1. The Morgan fingerprint density at radius 1 is 1.29 bits per heavy atom. The van der Waals surface area contributed by atoms with Crippen LogP contribution in [0.2, 0.25) is 5.02 Å². The van der Waals surface area contributed by atoms with E-state index >= 15 is 0 Å². The van der Waals surface area contributed by atoms with Crippen LogP contribution in [0, 0.1) is 5.92 Å². The first-order chi connectivity index (χ1) is 10.2. The molecule has 2 aliphatic rings. The van der Waals surface area contributed by atoms with E-state index < -0.39 is 0 Å². The molecule has 1 unspecified atom stereocenters. The molecule has 1 aromatic carbocycles. The Morgan fingerprint density at radius 2 is 2.10 bits per heavy atom. The van der Waals surface area contributed by atoms with Crippen molar-refractivity contribution in [2.24, 2.45) is 5.92 Å². The molecule has 3 rings (SSSR count). The summed E-state index contributed by atoms with van der Waals surface area (Å²) in [6.45, 7) is 2.18. The summed E-state index contributed by atoms with van der Waals surface area (Å²) in [5.41, 5.74) is 0.880. The maximum atomic E-state index is 12.6. The van der Waals surface area contributed by atoms with Crippen LogP contribution >= 0.6 is 11.6 Å². The van der Waals surface area contributed by atoms with Gasteiger partial charge in [-0.05, 0) is 43.4 Å². The summed E-state index contributed by atoms with van der Waals surface area (Å²) in [5, 5.41) is 0.688. The molecule has 0 radical (unpaired) electrons. The lowest BCUT2D eigenvalue weighted by molar-refractivity contribution is -0.156. The van der Waals surface area contributed by atoms with Gasteiger partial charge >= 0.3 is 0 Å². The number of hydrogen-bond acceptors (Lipinski definition) is 3. The first-order valence-corrected chi connectivity index (χ1v) is 8.04. The number of carbonyl (C=O) groups excluding carboxylic acids is 1. The summed E-state index contributed by atoms with van der Waals surface area (Å²) in [6.07, 6.45) is 3.97. The molecule has 3 nitrogen and oxygen atoms in total. The summed E-state index contributed by atoms with van der Waals surface area (Å²) >= 11 is 5.99. The number of benzene rings is 1. The lowest BCUT2D eigenvalue weighted by Gasteiger charge is -2.43. The predicted molar refractivity (Wildman–Crippen MR) is 81.6 cm³/mol. The van der Waals surface area contributed by atoms with Crippen molar-refractivity contribution in [2.75, 3.05) is 19.8 Å². The summed E-state index contributed by atoms with van der Waals surface area (Å²) in [4.78, 5) is 12.6. The standard InChI is InChI=1S/C17H21ClO3/c18-15-3-1-2-13(10-15)11-16(19)14-4-7-21-17(12-14)5-8-20-9-6-17/h1-3,10,14H,4-9,11-12H2. The monoisotopic (exact) mass is 308 g/mol. The minimum atomic E-state index is -0.120. The van der Waals surface area contributed by atoms with Crippen molar-refractivity contribution >= 4 is 17.4 Å². The fourth-order valence-electron chi connectivity index (χ4n) is 3.39. The molecule has 2 fully saturated rings. The maximum absolute atomic E-state index is 12.6. The van der Waals surface area contributed by atoms with Gasteiger partial charge in [-0.25, -0.2) is 0 Å². The van der Waals surface area contributed by atoms with Gasteiger partial charge < -0.3 is 9.47 Å². The maximum Gasteiger partial charge on any atom is 0.140 e. The minimum Gasteiger partial charge on any atom is -0.381 e. The SMILES string of the molecule is O=C(Cc1cccc(Cl)c1)C1CCOC2(CCOCC2)C1. The van der Waals surface area contributed by atoms with Crippen LogP contribution in [0.4, 0.5) is 0 Å². The van der Waals surface area contributed by atoms with Crippen molar-refractivity contribution in [1.82, 2.24) is 0 Å². The average Bonchev–Trinajstić information content (AvgIpc) is 2.48. The molecule has 1 spiro atoms. The van der Waals surface area contributed by atoms with E-state index in [2.05, 4.69) is 0 Å². The van der Waals surface area contributed by atoms with Gasteiger partial charge in [0.15, 0.2) is 0 Å². The van der Waals surface area contributed by atoms with Crippen molar-refractivity contribution < 1.29 is 14.3 Å². The van der Waals surface area contributed by atoms with E-state index in [0.717, 1.165) is 44.5 Å². The third kappa shape index (κ3) is 3.65. The fourth-order valence-corrected chi connectivity index (χ4v) is 3.60. The zero-order valence-electron chi connectivity index (χ0n) is 12.1. The van der Waals surface area contributed by atoms with Gasteiger partial charge in [-0.1, -0.05) is 23.7 Å². The van der Waals surface area contributed by atoms with Crippen molar-refractivity contribution in [3.8, 4) is 0 Å². The molecular formula is C17H21ClO3. The average molecular weight is 309 g/mol. The number of hydrogen-bond donors (Lipinski definition) is 0. The lowest BCUT2D eigenvalue weighted by atomic mass is 9.78. The Morgan fingerprint density at radius 3 is 2.86 bits per heavy atom. The minimum absolute atomic E-state index is 0.107. The van der Waals surface area contributed by atoms with Crippen LogP contribution in [0.15, 0.2) is 24.3 Å². The van der Waals surface area contributed by atoms with Crippen LogP contribution in [-0.2, 0) is 20.7 Å². The predicted octanol–water partition coefficient (Wildman–Crippen LogP) is 3.43. The highest BCUT2D eigenvalue weighted by molar-refractivity contribution is 6.30. The molecular weight excluding hydrogens is 288 g/mol. The quantitative estimate of drug-likeness (QED) is 0.858. The van der Waals surface area contributed by atoms with Crippen LogP contribution in [-0.4, -0.2) is 31.2 Å². The van der Waals surface area contributed by atoms with Gasteiger partial charge in [0.05, 0.1) is 5.60 Å². The fraction of sp³-hybridized carbons (Fsp3) is 0.588. The second kappa shape index (κ2) is 6.47. The third-order valence-electron chi connectivity index (χ3n) is 4.62. The summed E-state index contributed by atoms with van der Waals surface area (Å²) in [7, 11) is 0. The molecule has 0 aliphatic carbocycles. The molecule has 2 heterocycles. The van der Waals surface area contributed by atoms with Crippen molar-refractivity contribution in [2.45, 2.75) is 37.7 Å². The van der Waals surface area contributed by atoms with Crippen LogP contribution in [0.3, 0.4) is 0 Å². The number of ketones is 1. The Hall–Kier alpha value is -0.900. The molecule has 0 bridgehead atoms. The molecule has 1 atom stereocenters. The Bertz CT molecular complexity index is 503. The molecule has 2 saturated heterocycles. The molecule has 0 aromatic heterocycles. The van der Waals surface area contributed by atoms with Crippen molar-refractivity contribution in [3.05, 3.63) is 34.9 Å². The van der Waals surface area contributed by atoms with Crippen molar-refractivity contribution in [3.63, 3.8) is 0 Å². The molecule has 2 aliphatic heterocycles. The smallest absolute Gasteiger partial charge is 0.140 e. The highest BCUT2D eigenvalue weighted by Crippen LogP contribution is 2.37. The molecule has 0 amide bonds. The van der Waals surface area contributed by atoms with E-state index in [4.69, 9.17) is 21.1 Å². The topological polar surface area (TPSA) is 35.5 Å². The van der Waals surface area contributed by atoms with Crippen LogP contribution in [0.25, 0.3) is 0 Å².